The Balaban J connectivity index is 1.77. The normalized spacial score (nSPS) is 21.7. The van der Waals surface area contributed by atoms with Crippen LogP contribution in [0.5, 0.6) is 0 Å². The van der Waals surface area contributed by atoms with E-state index in [9.17, 15) is 24.4 Å². The lowest BCUT2D eigenvalue weighted by Crippen LogP contribution is -2.70. The predicted molar refractivity (Wildman–Crippen MR) is 98.7 cm³/mol. The number of nitrogens with one attached hydrogen (secondary N) is 1. The molecule has 0 aliphatic carbocycles. The van der Waals surface area contributed by atoms with E-state index >= 15 is 0 Å². The molecule has 28 heavy (non-hydrogen) atoms. The predicted octanol–water partition coefficient (Wildman–Crippen LogP) is 1.54. The number of nitroso groups, excluding NO2 is 1. The first kappa shape index (κ1) is 19.4. The standard InChI is InChI=1S/C16H14N6O5S/c17-21-18-6-9-7-28-15-11(14(24)22(15)12(9)16(25)26)19-13(23)10(20-27)8-4-2-1-3-5-8/h1-5,10-11,15H,6-7H2,(H,19,23)(H,25,26)/t10?,11-,15+/m1/s1. The number of hydrogen-bond acceptors (Lipinski definition) is 7. The van der Waals surface area contributed by atoms with Crippen LogP contribution in [0.1, 0.15) is 11.6 Å². The van der Waals surface area contributed by atoms with E-state index in [1.54, 1.807) is 30.3 Å². The SMILES string of the molecule is [N-]=[N+]=NCC1=C(C(=O)O)N2C(=O)[C@@H](NC(=O)C(N=O)c3ccccc3)[C@@H]2SC1. The summed E-state index contributed by atoms with van der Waals surface area (Å²) in [5, 5.41) is 17.5. The summed E-state index contributed by atoms with van der Waals surface area (Å²) >= 11 is 1.24. The molecule has 12 heteroatoms. The molecule has 1 unspecified atom stereocenters. The second kappa shape index (κ2) is 8.11. The van der Waals surface area contributed by atoms with E-state index in [1.165, 1.54) is 11.8 Å². The number of hydrogen-bond donors (Lipinski definition) is 2. The Hall–Kier alpha value is -3.37. The quantitative estimate of drug-likeness (QED) is 0.231. The van der Waals surface area contributed by atoms with Crippen molar-refractivity contribution in [2.45, 2.75) is 17.5 Å². The summed E-state index contributed by atoms with van der Waals surface area (Å²) in [7, 11) is 0. The summed E-state index contributed by atoms with van der Waals surface area (Å²) in [6, 6.07) is 5.90. The molecule has 0 saturated carbocycles. The maximum absolute atomic E-state index is 12.5. The van der Waals surface area contributed by atoms with Gasteiger partial charge >= 0.3 is 5.97 Å². The molecular weight excluding hydrogens is 388 g/mol. The van der Waals surface area contributed by atoms with Crippen LogP contribution in [0.15, 0.2) is 51.9 Å². The van der Waals surface area contributed by atoms with Crippen molar-refractivity contribution in [3.63, 3.8) is 0 Å². The summed E-state index contributed by atoms with van der Waals surface area (Å²) < 4.78 is 0. The first-order chi connectivity index (χ1) is 13.5. The number of amides is 2. The van der Waals surface area contributed by atoms with Crippen molar-refractivity contribution in [3.05, 3.63) is 62.5 Å². The molecule has 1 saturated heterocycles. The van der Waals surface area contributed by atoms with Crippen LogP contribution in [0.3, 0.4) is 0 Å². The van der Waals surface area contributed by atoms with Crippen molar-refractivity contribution >= 4 is 29.5 Å². The highest BCUT2D eigenvalue weighted by Gasteiger charge is 2.54. The van der Waals surface area contributed by atoms with Gasteiger partial charge in [0.15, 0.2) is 6.04 Å². The van der Waals surface area contributed by atoms with Gasteiger partial charge in [-0.05, 0) is 16.7 Å². The third-order valence-electron chi connectivity index (χ3n) is 4.34. The first-order valence-corrected chi connectivity index (χ1v) is 9.13. The van der Waals surface area contributed by atoms with Crippen molar-refractivity contribution in [2.75, 3.05) is 12.3 Å². The van der Waals surface area contributed by atoms with Gasteiger partial charge in [0.25, 0.3) is 11.8 Å². The maximum atomic E-state index is 12.5. The lowest BCUT2D eigenvalue weighted by molar-refractivity contribution is -0.150. The van der Waals surface area contributed by atoms with E-state index in [1.807, 2.05) is 0 Å². The Morgan fingerprint density at radius 3 is 2.71 bits per heavy atom. The smallest absolute Gasteiger partial charge is 0.352 e. The first-order valence-electron chi connectivity index (χ1n) is 8.08. The summed E-state index contributed by atoms with van der Waals surface area (Å²) in [6.07, 6.45) is 0. The number of carboxylic acids is 1. The number of rotatable bonds is 7. The van der Waals surface area contributed by atoms with E-state index in [0.717, 1.165) is 4.90 Å². The Morgan fingerprint density at radius 2 is 2.11 bits per heavy atom. The Morgan fingerprint density at radius 1 is 1.39 bits per heavy atom. The molecule has 3 atom stereocenters. The molecule has 3 rings (SSSR count). The number of carbonyl (C=O) groups excluding carboxylic acids is 2. The molecule has 1 aromatic carbocycles. The highest BCUT2D eigenvalue weighted by atomic mass is 32.2. The highest BCUT2D eigenvalue weighted by Crippen LogP contribution is 2.40. The van der Waals surface area contributed by atoms with Gasteiger partial charge < -0.3 is 10.4 Å². The summed E-state index contributed by atoms with van der Waals surface area (Å²) in [5.41, 5.74) is 8.91. The molecule has 0 aromatic heterocycles. The van der Waals surface area contributed by atoms with Crippen molar-refractivity contribution in [1.29, 1.82) is 0 Å². The van der Waals surface area contributed by atoms with Crippen LogP contribution >= 0.6 is 11.8 Å². The fraction of sp³-hybridized carbons (Fsp3) is 0.312. The van der Waals surface area contributed by atoms with Gasteiger partial charge in [-0.2, -0.15) is 0 Å². The van der Waals surface area contributed by atoms with Crippen LogP contribution in [0.4, 0.5) is 0 Å². The number of β-lactam (4-membered cyclic amide) rings is 1. The maximum Gasteiger partial charge on any atom is 0.352 e. The zero-order valence-corrected chi connectivity index (χ0v) is 15.1. The average molecular weight is 402 g/mol. The van der Waals surface area contributed by atoms with Crippen LogP contribution in [-0.4, -0.2) is 51.5 Å². The number of carboxylic acid groups (broad SMARTS) is 1. The molecule has 11 nitrogen and oxygen atoms in total. The number of carbonyl (C=O) groups is 3. The van der Waals surface area contributed by atoms with Crippen LogP contribution < -0.4 is 5.32 Å². The largest absolute Gasteiger partial charge is 0.477 e. The molecule has 0 spiro atoms. The number of fused-ring (bicyclic) bond motifs is 1. The molecule has 0 radical (unpaired) electrons. The molecule has 2 amide bonds. The van der Waals surface area contributed by atoms with Crippen LogP contribution in [0.25, 0.3) is 10.4 Å². The molecule has 2 aliphatic heterocycles. The molecule has 1 fully saturated rings. The molecule has 1 aromatic rings. The van der Waals surface area contributed by atoms with Gasteiger partial charge in [0.05, 0.1) is 6.54 Å². The van der Waals surface area contributed by atoms with E-state index in [0.29, 0.717) is 11.1 Å². The van der Waals surface area contributed by atoms with Gasteiger partial charge in [-0.1, -0.05) is 40.6 Å². The van der Waals surface area contributed by atoms with Gasteiger partial charge in [-0.25, -0.2) is 4.79 Å². The van der Waals surface area contributed by atoms with Crippen LogP contribution in [-0.2, 0) is 14.4 Å². The number of benzene rings is 1. The van der Waals surface area contributed by atoms with E-state index in [-0.39, 0.29) is 18.0 Å². The van der Waals surface area contributed by atoms with Crippen molar-refractivity contribution in [2.24, 2.45) is 10.3 Å². The number of azide groups is 1. The second-order valence-corrected chi connectivity index (χ2v) is 7.07. The van der Waals surface area contributed by atoms with Crippen LogP contribution in [0, 0.1) is 4.91 Å². The van der Waals surface area contributed by atoms with Gasteiger partial charge in [0, 0.05) is 10.7 Å². The Bertz CT molecular complexity index is 913. The summed E-state index contributed by atoms with van der Waals surface area (Å²) in [4.78, 5) is 51.4. The Labute approximate surface area is 162 Å². The second-order valence-electron chi connectivity index (χ2n) is 5.96. The molecule has 2 aliphatic rings. The van der Waals surface area contributed by atoms with Crippen molar-refractivity contribution in [3.8, 4) is 0 Å². The Kier molecular flexibility index (Phi) is 5.62. The van der Waals surface area contributed by atoms with Gasteiger partial charge in [0.1, 0.15) is 17.1 Å². The summed E-state index contributed by atoms with van der Waals surface area (Å²) in [5.74, 6) is -2.43. The molecule has 0 bridgehead atoms. The monoisotopic (exact) mass is 402 g/mol. The minimum atomic E-state index is -1.32. The van der Waals surface area contributed by atoms with E-state index in [2.05, 4.69) is 20.5 Å². The molecule has 2 heterocycles. The third kappa shape index (κ3) is 3.42. The number of nitrogens with zero attached hydrogens (tertiary/aromatic N) is 5. The van der Waals surface area contributed by atoms with E-state index < -0.39 is 35.2 Å². The lowest BCUT2D eigenvalue weighted by atomic mass is 10.0. The molecule has 2 N–H and O–H groups in total. The van der Waals surface area contributed by atoms with Crippen molar-refractivity contribution < 1.29 is 19.5 Å². The average Bonchev–Trinajstić information content (AvgIpc) is 2.70. The highest BCUT2D eigenvalue weighted by molar-refractivity contribution is 8.00. The topological polar surface area (TPSA) is 165 Å². The fourth-order valence-corrected chi connectivity index (χ4v) is 4.38. The number of thioether (sulfide) groups is 1. The van der Waals surface area contributed by atoms with Crippen LogP contribution in [0.2, 0.25) is 0 Å². The molecule has 144 valence electrons. The minimum absolute atomic E-state index is 0.163. The van der Waals surface area contributed by atoms with Gasteiger partial charge in [-0.15, -0.1) is 16.7 Å². The zero-order valence-electron chi connectivity index (χ0n) is 14.3. The van der Waals surface area contributed by atoms with Gasteiger partial charge in [0.2, 0.25) is 0 Å². The third-order valence-corrected chi connectivity index (χ3v) is 5.68. The number of aliphatic carboxylic acids is 1. The van der Waals surface area contributed by atoms with E-state index in [4.69, 9.17) is 5.53 Å². The summed E-state index contributed by atoms with van der Waals surface area (Å²) in [6.45, 7) is -0.163. The lowest BCUT2D eigenvalue weighted by Gasteiger charge is -2.49. The van der Waals surface area contributed by atoms with Crippen molar-refractivity contribution in [1.82, 2.24) is 10.2 Å². The minimum Gasteiger partial charge on any atom is -0.477 e. The van der Waals surface area contributed by atoms with Gasteiger partial charge in [-0.3, -0.25) is 14.5 Å². The fourth-order valence-electron chi connectivity index (χ4n) is 3.05. The zero-order chi connectivity index (χ0) is 20.3. The molecular formula is C16H14N6O5S.